The number of likely N-dealkylation sites (N-methyl/N-ethyl adjacent to an activating group) is 1. The minimum atomic E-state index is -1.27. The number of benzene rings is 1. The van der Waals surface area contributed by atoms with Gasteiger partial charge >= 0.3 is 0 Å². The summed E-state index contributed by atoms with van der Waals surface area (Å²) in [6.45, 7) is 5.88. The summed E-state index contributed by atoms with van der Waals surface area (Å²) >= 11 is -1.27. The predicted molar refractivity (Wildman–Crippen MR) is 76.7 cm³/mol. The van der Waals surface area contributed by atoms with Crippen LogP contribution in [-0.2, 0) is 15.3 Å². The van der Waals surface area contributed by atoms with Crippen molar-refractivity contribution in [3.05, 3.63) is 35.9 Å². The molecule has 0 aliphatic heterocycles. The first-order chi connectivity index (χ1) is 8.43. The van der Waals surface area contributed by atoms with Crippen molar-refractivity contribution in [1.82, 2.24) is 4.90 Å². The van der Waals surface area contributed by atoms with Gasteiger partial charge in [-0.1, -0.05) is 30.3 Å². The van der Waals surface area contributed by atoms with Crippen LogP contribution in [0.1, 0.15) is 32.4 Å². The fourth-order valence-corrected chi connectivity index (χ4v) is 2.24. The van der Waals surface area contributed by atoms with Crippen LogP contribution >= 0.6 is 0 Å². The standard InChI is InChI=1S/C14H23NO2S/c1-11(2)18(16)17-14(12(3)15(4)5)13-9-7-6-8-10-13/h6-12,14H,1-5H3/t12-,14-,18?/m0/s1. The summed E-state index contributed by atoms with van der Waals surface area (Å²) in [6, 6.07) is 10.1. The Hall–Kier alpha value is -0.710. The molecule has 0 amide bonds. The quantitative estimate of drug-likeness (QED) is 0.795. The molecule has 0 saturated heterocycles. The van der Waals surface area contributed by atoms with Gasteiger partial charge in [-0.2, -0.15) is 0 Å². The Morgan fingerprint density at radius 2 is 1.67 bits per heavy atom. The van der Waals surface area contributed by atoms with Crippen LogP contribution in [0.25, 0.3) is 0 Å². The van der Waals surface area contributed by atoms with Crippen LogP contribution in [-0.4, -0.2) is 34.5 Å². The second-order valence-corrected chi connectivity index (χ2v) is 6.60. The predicted octanol–water partition coefficient (Wildman–Crippen LogP) is 2.77. The summed E-state index contributed by atoms with van der Waals surface area (Å²) in [6.07, 6.45) is -0.176. The maximum atomic E-state index is 11.9. The molecule has 0 spiro atoms. The summed E-state index contributed by atoms with van der Waals surface area (Å²) < 4.78 is 17.7. The first-order valence-electron chi connectivity index (χ1n) is 6.22. The van der Waals surface area contributed by atoms with E-state index in [9.17, 15) is 4.21 Å². The topological polar surface area (TPSA) is 29.5 Å². The van der Waals surface area contributed by atoms with E-state index in [1.54, 1.807) is 0 Å². The van der Waals surface area contributed by atoms with E-state index in [2.05, 4.69) is 11.8 Å². The van der Waals surface area contributed by atoms with Crippen molar-refractivity contribution in [3.8, 4) is 0 Å². The van der Waals surface area contributed by atoms with Gasteiger partial charge in [-0.15, -0.1) is 0 Å². The van der Waals surface area contributed by atoms with Gasteiger partial charge in [0.05, 0.1) is 5.25 Å². The van der Waals surface area contributed by atoms with Gasteiger partial charge in [0.1, 0.15) is 6.10 Å². The molecular weight excluding hydrogens is 246 g/mol. The number of hydrogen-bond donors (Lipinski definition) is 0. The Morgan fingerprint density at radius 3 is 2.11 bits per heavy atom. The highest BCUT2D eigenvalue weighted by atomic mass is 32.2. The van der Waals surface area contributed by atoms with Crippen molar-refractivity contribution in [3.63, 3.8) is 0 Å². The smallest absolute Gasteiger partial charge is 0.158 e. The number of rotatable bonds is 6. The van der Waals surface area contributed by atoms with E-state index in [-0.39, 0.29) is 17.4 Å². The van der Waals surface area contributed by atoms with Crippen molar-refractivity contribution < 1.29 is 8.39 Å². The highest BCUT2D eigenvalue weighted by Crippen LogP contribution is 2.25. The second kappa shape index (κ2) is 7.02. The Morgan fingerprint density at radius 1 is 1.11 bits per heavy atom. The lowest BCUT2D eigenvalue weighted by Crippen LogP contribution is -2.33. The minimum Gasteiger partial charge on any atom is -0.304 e. The fraction of sp³-hybridized carbons (Fsp3) is 0.571. The van der Waals surface area contributed by atoms with Crippen molar-refractivity contribution in [2.75, 3.05) is 14.1 Å². The maximum absolute atomic E-state index is 11.9. The SMILES string of the molecule is CC(C)S(=O)O[C@H](c1ccccc1)[C@H](C)N(C)C. The molecule has 0 radical (unpaired) electrons. The molecule has 0 N–H and O–H groups in total. The van der Waals surface area contributed by atoms with E-state index in [4.69, 9.17) is 4.18 Å². The molecular formula is C14H23NO2S. The average Bonchev–Trinajstić information content (AvgIpc) is 2.35. The number of nitrogens with zero attached hydrogens (tertiary/aromatic N) is 1. The Balaban J connectivity index is 2.93. The third-order valence-corrected chi connectivity index (χ3v) is 4.13. The molecule has 0 aliphatic carbocycles. The fourth-order valence-electron chi connectivity index (χ4n) is 1.54. The first kappa shape index (κ1) is 15.3. The monoisotopic (exact) mass is 269 g/mol. The van der Waals surface area contributed by atoms with E-state index < -0.39 is 11.1 Å². The van der Waals surface area contributed by atoms with E-state index >= 15 is 0 Å². The number of hydrogen-bond acceptors (Lipinski definition) is 3. The van der Waals surface area contributed by atoms with Crippen LogP contribution in [0, 0.1) is 0 Å². The zero-order valence-corrected chi connectivity index (χ0v) is 12.6. The first-order valence-corrected chi connectivity index (χ1v) is 7.36. The molecule has 0 fully saturated rings. The summed E-state index contributed by atoms with van der Waals surface area (Å²) in [5.41, 5.74) is 1.06. The van der Waals surface area contributed by atoms with Crippen molar-refractivity contribution in [2.24, 2.45) is 0 Å². The van der Waals surface area contributed by atoms with E-state index in [1.807, 2.05) is 58.3 Å². The lowest BCUT2D eigenvalue weighted by atomic mass is 10.0. The van der Waals surface area contributed by atoms with E-state index in [0.717, 1.165) is 5.56 Å². The molecule has 4 heteroatoms. The Bertz CT molecular complexity index is 379. The second-order valence-electron chi connectivity index (χ2n) is 4.94. The maximum Gasteiger partial charge on any atom is 0.158 e. The molecule has 18 heavy (non-hydrogen) atoms. The highest BCUT2D eigenvalue weighted by Gasteiger charge is 2.25. The molecule has 0 aliphatic rings. The van der Waals surface area contributed by atoms with Crippen LogP contribution in [0.5, 0.6) is 0 Å². The lowest BCUT2D eigenvalue weighted by molar-refractivity contribution is 0.120. The largest absolute Gasteiger partial charge is 0.304 e. The average molecular weight is 269 g/mol. The molecule has 1 aromatic carbocycles. The molecule has 1 rings (SSSR count). The van der Waals surface area contributed by atoms with Crippen LogP contribution in [0.2, 0.25) is 0 Å². The van der Waals surface area contributed by atoms with Gasteiger partial charge in [-0.05, 0) is 40.4 Å². The van der Waals surface area contributed by atoms with Gasteiger partial charge in [-0.25, -0.2) is 4.21 Å². The van der Waals surface area contributed by atoms with Gasteiger partial charge in [0.15, 0.2) is 11.1 Å². The minimum absolute atomic E-state index is 0.00516. The molecule has 0 bridgehead atoms. The third kappa shape index (κ3) is 4.19. The molecule has 1 unspecified atom stereocenters. The summed E-state index contributed by atoms with van der Waals surface area (Å²) in [4.78, 5) is 2.08. The zero-order chi connectivity index (χ0) is 13.7. The lowest BCUT2D eigenvalue weighted by Gasteiger charge is -2.29. The normalized spacial score (nSPS) is 16.8. The van der Waals surface area contributed by atoms with Crippen molar-refractivity contribution in [2.45, 2.75) is 38.2 Å². The molecule has 3 nitrogen and oxygen atoms in total. The van der Waals surface area contributed by atoms with E-state index in [1.165, 1.54) is 0 Å². The van der Waals surface area contributed by atoms with Gasteiger partial charge in [-0.3, -0.25) is 4.18 Å². The Kier molecular flexibility index (Phi) is 5.99. The van der Waals surface area contributed by atoms with E-state index in [0.29, 0.717) is 0 Å². The van der Waals surface area contributed by atoms with Crippen LogP contribution in [0.4, 0.5) is 0 Å². The van der Waals surface area contributed by atoms with Crippen LogP contribution in [0.3, 0.4) is 0 Å². The molecule has 3 atom stereocenters. The molecule has 0 saturated carbocycles. The molecule has 1 aromatic rings. The third-order valence-electron chi connectivity index (χ3n) is 2.96. The van der Waals surface area contributed by atoms with Gasteiger partial charge in [0.25, 0.3) is 0 Å². The van der Waals surface area contributed by atoms with Gasteiger partial charge in [0.2, 0.25) is 0 Å². The summed E-state index contributed by atoms with van der Waals surface area (Å²) in [5.74, 6) is 0. The summed E-state index contributed by atoms with van der Waals surface area (Å²) in [5, 5.41) is 0.00516. The van der Waals surface area contributed by atoms with Crippen molar-refractivity contribution in [1.29, 1.82) is 0 Å². The Labute approximate surface area is 113 Å². The van der Waals surface area contributed by atoms with Crippen LogP contribution < -0.4 is 0 Å². The summed E-state index contributed by atoms with van der Waals surface area (Å²) in [7, 11) is 4.00. The highest BCUT2D eigenvalue weighted by molar-refractivity contribution is 7.80. The molecule has 0 heterocycles. The molecule has 0 aromatic heterocycles. The van der Waals surface area contributed by atoms with Crippen molar-refractivity contribution >= 4 is 11.1 Å². The van der Waals surface area contributed by atoms with Crippen LogP contribution in [0.15, 0.2) is 30.3 Å². The van der Waals surface area contributed by atoms with Gasteiger partial charge < -0.3 is 4.90 Å². The zero-order valence-electron chi connectivity index (χ0n) is 11.8. The molecule has 102 valence electrons. The van der Waals surface area contributed by atoms with Gasteiger partial charge in [0, 0.05) is 6.04 Å².